The Labute approximate surface area is 71.7 Å². The third kappa shape index (κ3) is 3.49. The summed E-state index contributed by atoms with van der Waals surface area (Å²) in [5.41, 5.74) is 0. The molecule has 1 rings (SSSR count). The Morgan fingerprint density at radius 3 is 3.18 bits per heavy atom. The van der Waals surface area contributed by atoms with E-state index in [2.05, 4.69) is 17.2 Å². The Bertz CT molecular complexity index is 172. The second-order valence-electron chi connectivity index (χ2n) is 2.46. The topological polar surface area (TPSA) is 24.9 Å². The Balaban J connectivity index is 2.04. The van der Waals surface area contributed by atoms with E-state index < -0.39 is 0 Å². The zero-order valence-corrected chi connectivity index (χ0v) is 7.66. The van der Waals surface area contributed by atoms with Gasteiger partial charge in [-0.05, 0) is 13.0 Å². The fourth-order valence-electron chi connectivity index (χ4n) is 0.837. The molecule has 0 radical (unpaired) electrons. The number of hydrogen-bond donors (Lipinski definition) is 1. The van der Waals surface area contributed by atoms with Gasteiger partial charge in [-0.15, -0.1) is 11.3 Å². The van der Waals surface area contributed by atoms with Crippen LogP contribution >= 0.6 is 11.3 Å². The first-order chi connectivity index (χ1) is 5.43. The lowest BCUT2D eigenvalue weighted by Gasteiger charge is -1.98. The molecule has 1 aromatic heterocycles. The quantitative estimate of drug-likeness (QED) is 0.684. The van der Waals surface area contributed by atoms with Crippen molar-refractivity contribution in [2.24, 2.45) is 0 Å². The number of rotatable bonds is 5. The average molecular weight is 170 g/mol. The Hall–Kier alpha value is -0.410. The molecule has 62 valence electrons. The predicted molar refractivity (Wildman–Crippen MR) is 48.7 cm³/mol. The van der Waals surface area contributed by atoms with Crippen LogP contribution < -0.4 is 5.32 Å². The van der Waals surface area contributed by atoms with Gasteiger partial charge in [-0.1, -0.05) is 13.3 Å². The summed E-state index contributed by atoms with van der Waals surface area (Å²) < 4.78 is 0. The van der Waals surface area contributed by atoms with Gasteiger partial charge in [0.2, 0.25) is 0 Å². The maximum atomic E-state index is 4.17. The van der Waals surface area contributed by atoms with Crippen molar-refractivity contribution in [1.29, 1.82) is 0 Å². The largest absolute Gasteiger partial charge is 0.310 e. The summed E-state index contributed by atoms with van der Waals surface area (Å²) in [7, 11) is 0. The summed E-state index contributed by atoms with van der Waals surface area (Å²) in [5, 5.41) is 6.53. The number of aromatic nitrogens is 1. The highest BCUT2D eigenvalue weighted by atomic mass is 32.1. The minimum Gasteiger partial charge on any atom is -0.310 e. The van der Waals surface area contributed by atoms with Crippen LogP contribution in [0.1, 0.15) is 24.8 Å². The van der Waals surface area contributed by atoms with Crippen molar-refractivity contribution >= 4 is 11.3 Å². The standard InChI is InChI=1S/C8H14N2S/c1-2-3-4-9-7-8-10-5-6-11-8/h5-6,9H,2-4,7H2,1H3. The molecule has 0 aliphatic heterocycles. The molecule has 1 heterocycles. The summed E-state index contributed by atoms with van der Waals surface area (Å²) >= 11 is 1.71. The highest BCUT2D eigenvalue weighted by Gasteiger charge is 1.92. The molecule has 0 unspecified atom stereocenters. The van der Waals surface area contributed by atoms with Gasteiger partial charge in [0.05, 0.1) is 0 Å². The van der Waals surface area contributed by atoms with E-state index in [9.17, 15) is 0 Å². The van der Waals surface area contributed by atoms with Crippen LogP contribution in [0.5, 0.6) is 0 Å². The van der Waals surface area contributed by atoms with Gasteiger partial charge in [0.1, 0.15) is 5.01 Å². The van der Waals surface area contributed by atoms with E-state index in [1.54, 1.807) is 11.3 Å². The highest BCUT2D eigenvalue weighted by molar-refractivity contribution is 7.09. The van der Waals surface area contributed by atoms with E-state index in [4.69, 9.17) is 0 Å². The molecule has 0 saturated heterocycles. The zero-order valence-electron chi connectivity index (χ0n) is 6.84. The van der Waals surface area contributed by atoms with E-state index in [0.29, 0.717) is 0 Å². The van der Waals surface area contributed by atoms with E-state index >= 15 is 0 Å². The average Bonchev–Trinajstić information content (AvgIpc) is 2.50. The molecule has 0 saturated carbocycles. The fourth-order valence-corrected chi connectivity index (χ4v) is 1.42. The SMILES string of the molecule is CCCCNCc1nccs1. The Morgan fingerprint density at radius 2 is 2.55 bits per heavy atom. The molecule has 1 N–H and O–H groups in total. The van der Waals surface area contributed by atoms with Crippen LogP contribution in [-0.4, -0.2) is 11.5 Å². The van der Waals surface area contributed by atoms with Gasteiger partial charge in [0, 0.05) is 18.1 Å². The first-order valence-corrected chi connectivity index (χ1v) is 4.90. The van der Waals surface area contributed by atoms with Gasteiger partial charge < -0.3 is 5.32 Å². The first-order valence-electron chi connectivity index (χ1n) is 4.02. The summed E-state index contributed by atoms with van der Waals surface area (Å²) in [4.78, 5) is 4.17. The van der Waals surface area contributed by atoms with Crippen molar-refractivity contribution in [1.82, 2.24) is 10.3 Å². The molecule has 2 nitrogen and oxygen atoms in total. The van der Waals surface area contributed by atoms with Gasteiger partial charge in [-0.2, -0.15) is 0 Å². The summed E-state index contributed by atoms with van der Waals surface area (Å²) in [6.45, 7) is 4.23. The molecule has 0 atom stereocenters. The third-order valence-corrected chi connectivity index (χ3v) is 2.25. The number of thiazole rings is 1. The number of nitrogens with zero attached hydrogens (tertiary/aromatic N) is 1. The molecule has 11 heavy (non-hydrogen) atoms. The monoisotopic (exact) mass is 170 g/mol. The fraction of sp³-hybridized carbons (Fsp3) is 0.625. The smallest absolute Gasteiger partial charge is 0.106 e. The zero-order chi connectivity index (χ0) is 7.94. The van der Waals surface area contributed by atoms with Crippen molar-refractivity contribution in [3.8, 4) is 0 Å². The van der Waals surface area contributed by atoms with Crippen LogP contribution in [0, 0.1) is 0 Å². The van der Waals surface area contributed by atoms with Crippen LogP contribution in [0.3, 0.4) is 0 Å². The third-order valence-electron chi connectivity index (χ3n) is 1.47. The van der Waals surface area contributed by atoms with Gasteiger partial charge in [0.25, 0.3) is 0 Å². The van der Waals surface area contributed by atoms with E-state index in [1.807, 2.05) is 11.6 Å². The second-order valence-corrected chi connectivity index (χ2v) is 3.44. The molecule has 3 heteroatoms. The minimum atomic E-state index is 0.928. The molecule has 0 spiro atoms. The number of hydrogen-bond acceptors (Lipinski definition) is 3. The maximum Gasteiger partial charge on any atom is 0.106 e. The summed E-state index contributed by atoms with van der Waals surface area (Å²) in [6, 6.07) is 0. The molecule has 0 aliphatic rings. The van der Waals surface area contributed by atoms with Crippen LogP contribution in [-0.2, 0) is 6.54 Å². The lowest BCUT2D eigenvalue weighted by Crippen LogP contribution is -2.13. The Kier molecular flexibility index (Phi) is 4.16. The molecule has 0 aliphatic carbocycles. The summed E-state index contributed by atoms with van der Waals surface area (Å²) in [5.74, 6) is 0. The highest BCUT2D eigenvalue weighted by Crippen LogP contribution is 2.02. The van der Waals surface area contributed by atoms with Crippen molar-refractivity contribution in [2.75, 3.05) is 6.54 Å². The van der Waals surface area contributed by atoms with Gasteiger partial charge in [0.15, 0.2) is 0 Å². The van der Waals surface area contributed by atoms with Crippen LogP contribution in [0.2, 0.25) is 0 Å². The predicted octanol–water partition coefficient (Wildman–Crippen LogP) is 2.03. The van der Waals surface area contributed by atoms with Crippen LogP contribution in [0.4, 0.5) is 0 Å². The molecule has 0 bridgehead atoms. The second kappa shape index (κ2) is 5.27. The molecular formula is C8H14N2S. The van der Waals surface area contributed by atoms with Crippen LogP contribution in [0.25, 0.3) is 0 Å². The van der Waals surface area contributed by atoms with Crippen molar-refractivity contribution in [3.63, 3.8) is 0 Å². The maximum absolute atomic E-state index is 4.17. The van der Waals surface area contributed by atoms with Gasteiger partial charge >= 0.3 is 0 Å². The van der Waals surface area contributed by atoms with E-state index in [0.717, 1.165) is 13.1 Å². The van der Waals surface area contributed by atoms with Crippen LogP contribution in [0.15, 0.2) is 11.6 Å². The van der Waals surface area contributed by atoms with Gasteiger partial charge in [-0.3, -0.25) is 0 Å². The van der Waals surface area contributed by atoms with Crippen molar-refractivity contribution in [3.05, 3.63) is 16.6 Å². The lowest BCUT2D eigenvalue weighted by molar-refractivity contribution is 0.639. The minimum absolute atomic E-state index is 0.928. The number of nitrogens with one attached hydrogen (secondary N) is 1. The van der Waals surface area contributed by atoms with Crippen molar-refractivity contribution in [2.45, 2.75) is 26.3 Å². The van der Waals surface area contributed by atoms with Crippen molar-refractivity contribution < 1.29 is 0 Å². The first kappa shape index (κ1) is 8.68. The molecule has 1 aromatic rings. The summed E-state index contributed by atoms with van der Waals surface area (Å²) in [6.07, 6.45) is 4.36. The lowest BCUT2D eigenvalue weighted by atomic mass is 10.3. The normalized spacial score (nSPS) is 10.3. The van der Waals surface area contributed by atoms with E-state index in [1.165, 1.54) is 17.8 Å². The van der Waals surface area contributed by atoms with Gasteiger partial charge in [-0.25, -0.2) is 4.98 Å². The Morgan fingerprint density at radius 1 is 1.64 bits per heavy atom. The van der Waals surface area contributed by atoms with E-state index in [-0.39, 0.29) is 0 Å². The molecule has 0 aromatic carbocycles. The molecule has 0 fully saturated rings. The molecule has 0 amide bonds. The number of unbranched alkanes of at least 4 members (excludes halogenated alkanes) is 1. The molecular weight excluding hydrogens is 156 g/mol.